The van der Waals surface area contributed by atoms with Crippen molar-refractivity contribution >= 4 is 29.3 Å². The summed E-state index contributed by atoms with van der Waals surface area (Å²) in [5.41, 5.74) is 2.03. The van der Waals surface area contributed by atoms with E-state index in [2.05, 4.69) is 43.8 Å². The molecule has 1 saturated carbocycles. The van der Waals surface area contributed by atoms with Gasteiger partial charge in [0.05, 0.1) is 23.4 Å². The quantitative estimate of drug-likeness (QED) is 0.188. The van der Waals surface area contributed by atoms with Gasteiger partial charge < -0.3 is 30.5 Å². The van der Waals surface area contributed by atoms with Crippen molar-refractivity contribution in [3.8, 4) is 17.9 Å². The van der Waals surface area contributed by atoms with Crippen LogP contribution >= 0.6 is 0 Å². The zero-order chi connectivity index (χ0) is 30.5. The summed E-state index contributed by atoms with van der Waals surface area (Å²) in [7, 11) is 7.15. The van der Waals surface area contributed by atoms with Gasteiger partial charge in [-0.2, -0.15) is 10.2 Å². The highest BCUT2D eigenvalue weighted by molar-refractivity contribution is 5.92. The molecule has 1 aromatic heterocycles. The van der Waals surface area contributed by atoms with Crippen molar-refractivity contribution in [2.24, 2.45) is 5.92 Å². The summed E-state index contributed by atoms with van der Waals surface area (Å²) in [6.07, 6.45) is 7.25. The van der Waals surface area contributed by atoms with Crippen LogP contribution in [0.25, 0.3) is 0 Å². The molecular formula is C31H40N8O3. The predicted molar refractivity (Wildman–Crippen MR) is 163 cm³/mol. The van der Waals surface area contributed by atoms with E-state index < -0.39 is 6.04 Å². The van der Waals surface area contributed by atoms with E-state index in [9.17, 15) is 9.59 Å². The molecule has 11 heteroatoms. The first-order valence-corrected chi connectivity index (χ1v) is 14.0. The van der Waals surface area contributed by atoms with Crippen molar-refractivity contribution in [3.63, 3.8) is 0 Å². The number of anilines is 3. The van der Waals surface area contributed by atoms with Gasteiger partial charge in [-0.1, -0.05) is 17.9 Å². The van der Waals surface area contributed by atoms with Gasteiger partial charge in [-0.25, -0.2) is 4.98 Å². The van der Waals surface area contributed by atoms with Crippen molar-refractivity contribution in [2.75, 3.05) is 58.6 Å². The number of aromatic nitrogens is 2. The number of hydrogen-bond donors (Lipinski definition) is 3. The monoisotopic (exact) mass is 572 g/mol. The minimum atomic E-state index is -0.577. The highest BCUT2D eigenvalue weighted by Gasteiger charge is 2.31. The fraction of sp³-hybridized carbons (Fsp3) is 0.452. The first-order valence-electron chi connectivity index (χ1n) is 14.0. The number of nitrogens with one attached hydrogen (secondary N) is 3. The fourth-order valence-corrected chi connectivity index (χ4v) is 4.05. The molecule has 0 aliphatic heterocycles. The third-order valence-electron chi connectivity index (χ3n) is 6.81. The molecule has 2 amide bonds. The number of carbonyl (C=O) groups excluding carboxylic acids is 2. The number of ether oxygens (including phenoxy) is 1. The predicted octanol–water partition coefficient (Wildman–Crippen LogP) is 2.75. The minimum Gasteiger partial charge on any atom is -0.385 e. The van der Waals surface area contributed by atoms with Crippen LogP contribution in [-0.2, 0) is 14.3 Å². The van der Waals surface area contributed by atoms with Gasteiger partial charge in [-0.3, -0.25) is 9.59 Å². The van der Waals surface area contributed by atoms with Gasteiger partial charge in [0.1, 0.15) is 11.9 Å². The maximum absolute atomic E-state index is 12.7. The first kappa shape index (κ1) is 32.1. The second kappa shape index (κ2) is 16.1. The molecule has 2 aromatic rings. The maximum Gasteiger partial charge on any atom is 0.246 e. The molecule has 1 fully saturated rings. The Balaban J connectivity index is 1.57. The van der Waals surface area contributed by atoms with Crippen molar-refractivity contribution in [1.82, 2.24) is 25.1 Å². The zero-order valence-electron chi connectivity index (χ0n) is 25.0. The van der Waals surface area contributed by atoms with Crippen LogP contribution in [0.3, 0.4) is 0 Å². The molecule has 3 rings (SSSR count). The van der Waals surface area contributed by atoms with E-state index in [1.54, 1.807) is 57.6 Å². The number of amides is 2. The fourth-order valence-electron chi connectivity index (χ4n) is 4.05. The Labute approximate surface area is 248 Å². The van der Waals surface area contributed by atoms with E-state index in [1.165, 1.54) is 11.0 Å². The van der Waals surface area contributed by atoms with Gasteiger partial charge in [-0.15, -0.1) is 0 Å². The van der Waals surface area contributed by atoms with Gasteiger partial charge in [0, 0.05) is 57.6 Å². The molecule has 0 radical (unpaired) electrons. The molecule has 0 bridgehead atoms. The number of nitrogens with zero attached hydrogens (tertiary/aromatic N) is 5. The Bertz CT molecular complexity index is 1330. The van der Waals surface area contributed by atoms with Crippen LogP contribution in [0.1, 0.15) is 37.3 Å². The number of nitriles is 1. The smallest absolute Gasteiger partial charge is 0.246 e. The van der Waals surface area contributed by atoms with Crippen LogP contribution in [0.15, 0.2) is 42.6 Å². The second-order valence-electron chi connectivity index (χ2n) is 10.5. The van der Waals surface area contributed by atoms with Crippen LogP contribution in [0.2, 0.25) is 0 Å². The van der Waals surface area contributed by atoms with E-state index in [0.717, 1.165) is 24.9 Å². The van der Waals surface area contributed by atoms with Crippen molar-refractivity contribution in [3.05, 3.63) is 53.7 Å². The molecule has 1 atom stereocenters. The third-order valence-corrected chi connectivity index (χ3v) is 6.81. The van der Waals surface area contributed by atoms with Crippen LogP contribution in [0.5, 0.6) is 0 Å². The molecule has 0 unspecified atom stereocenters. The Morgan fingerprint density at radius 1 is 1.21 bits per heavy atom. The summed E-state index contributed by atoms with van der Waals surface area (Å²) < 4.78 is 5.14. The molecule has 1 aromatic carbocycles. The molecule has 0 saturated heterocycles. The lowest BCUT2D eigenvalue weighted by molar-refractivity contribution is -0.135. The van der Waals surface area contributed by atoms with E-state index in [-0.39, 0.29) is 23.8 Å². The molecule has 1 aliphatic carbocycles. The number of carbonyl (C=O) groups is 2. The Morgan fingerprint density at radius 3 is 2.62 bits per heavy atom. The van der Waals surface area contributed by atoms with E-state index in [0.29, 0.717) is 42.6 Å². The number of methoxy groups -OCH3 is 1. The number of hydrogen-bond acceptors (Lipinski definition) is 9. The lowest BCUT2D eigenvalue weighted by Gasteiger charge is -2.34. The van der Waals surface area contributed by atoms with E-state index >= 15 is 0 Å². The standard InChI is InChI=1S/C31H40N8O3/c1-22(39(4)28(40)8-6-16-38(2)3)30(41)35-27-18-24(19-27)9-12-25-21-34-31(37-29(25)33-15-7-17-42-5)36-26-13-10-23(20-32)11-14-26/h6,8,10-11,13-14,21-22,24,27H,7,15-19H2,1-5H3,(H,35,41)(H2,33,34,36,37)/b8-6+/t22-,24-,27-/m0/s1. The van der Waals surface area contributed by atoms with Crippen molar-refractivity contribution < 1.29 is 14.3 Å². The SMILES string of the molecule is COCCCNc1nc(Nc2ccc(C#N)cc2)ncc1C#C[C@H]1C[C@H](NC(=O)[C@H](C)N(C)C(=O)/C=C/CN(C)C)C1. The third kappa shape index (κ3) is 9.88. The van der Waals surface area contributed by atoms with E-state index in [4.69, 9.17) is 10.00 Å². The first-order chi connectivity index (χ1) is 20.2. The number of likely N-dealkylation sites (N-methyl/N-ethyl adjacent to an activating group) is 2. The van der Waals surface area contributed by atoms with Crippen LogP contribution in [0, 0.1) is 29.1 Å². The Morgan fingerprint density at radius 2 is 1.95 bits per heavy atom. The summed E-state index contributed by atoms with van der Waals surface area (Å²) in [6.45, 7) is 3.67. The highest BCUT2D eigenvalue weighted by Crippen LogP contribution is 2.27. The summed E-state index contributed by atoms with van der Waals surface area (Å²) >= 11 is 0. The Hall–Kier alpha value is -4.45. The molecule has 1 heterocycles. The minimum absolute atomic E-state index is 0.0222. The number of benzene rings is 1. The van der Waals surface area contributed by atoms with Gasteiger partial charge in [0.2, 0.25) is 17.8 Å². The van der Waals surface area contributed by atoms with Gasteiger partial charge in [0.25, 0.3) is 0 Å². The summed E-state index contributed by atoms with van der Waals surface area (Å²) in [6, 6.07) is 8.60. The molecule has 1 aliphatic rings. The topological polar surface area (TPSA) is 136 Å². The molecule has 222 valence electrons. The van der Waals surface area contributed by atoms with Crippen LogP contribution < -0.4 is 16.0 Å². The average molecular weight is 573 g/mol. The summed E-state index contributed by atoms with van der Waals surface area (Å²) in [5, 5.41) is 18.5. The highest BCUT2D eigenvalue weighted by atomic mass is 16.5. The van der Waals surface area contributed by atoms with Gasteiger partial charge in [0.15, 0.2) is 0 Å². The lowest BCUT2D eigenvalue weighted by atomic mass is 9.80. The van der Waals surface area contributed by atoms with E-state index in [1.807, 2.05) is 19.0 Å². The maximum atomic E-state index is 12.7. The van der Waals surface area contributed by atoms with Crippen LogP contribution in [0.4, 0.5) is 17.5 Å². The van der Waals surface area contributed by atoms with Crippen LogP contribution in [-0.4, -0.2) is 91.6 Å². The Kier molecular flexibility index (Phi) is 12.3. The average Bonchev–Trinajstić information content (AvgIpc) is 2.96. The second-order valence-corrected chi connectivity index (χ2v) is 10.5. The summed E-state index contributed by atoms with van der Waals surface area (Å²) in [4.78, 5) is 37.5. The van der Waals surface area contributed by atoms with Gasteiger partial charge >= 0.3 is 0 Å². The van der Waals surface area contributed by atoms with Gasteiger partial charge in [-0.05, 0) is 64.5 Å². The number of rotatable bonds is 13. The molecule has 0 spiro atoms. The normalized spacial score (nSPS) is 16.5. The largest absolute Gasteiger partial charge is 0.385 e. The molecular weight excluding hydrogens is 532 g/mol. The molecule has 3 N–H and O–H groups in total. The summed E-state index contributed by atoms with van der Waals surface area (Å²) in [5.74, 6) is 7.29. The lowest BCUT2D eigenvalue weighted by Crippen LogP contribution is -2.51. The van der Waals surface area contributed by atoms with Crippen molar-refractivity contribution in [2.45, 2.75) is 38.3 Å². The zero-order valence-corrected chi connectivity index (χ0v) is 25.0. The van der Waals surface area contributed by atoms with Crippen molar-refractivity contribution in [1.29, 1.82) is 5.26 Å². The molecule has 11 nitrogen and oxygen atoms in total. The molecule has 42 heavy (non-hydrogen) atoms.